The number of nitrogens with one attached hydrogen (secondary N) is 1. The van der Waals surface area contributed by atoms with Crippen molar-refractivity contribution in [2.75, 3.05) is 26.2 Å². The average molecular weight is 270 g/mol. The van der Waals surface area contributed by atoms with Crippen LogP contribution in [0.2, 0.25) is 0 Å². The molecule has 6 heteroatoms. The lowest BCUT2D eigenvalue weighted by Gasteiger charge is -2.25. The van der Waals surface area contributed by atoms with Crippen molar-refractivity contribution in [3.63, 3.8) is 0 Å². The van der Waals surface area contributed by atoms with Crippen molar-refractivity contribution in [1.29, 1.82) is 0 Å². The third kappa shape index (κ3) is 4.59. The molecular formula is C12H22N4OS. The van der Waals surface area contributed by atoms with E-state index in [0.717, 1.165) is 50.2 Å². The molecule has 1 saturated heterocycles. The lowest BCUT2D eigenvalue weighted by molar-refractivity contribution is 0.203. The molecule has 0 radical (unpaired) electrons. The maximum Gasteiger partial charge on any atom is 0.240 e. The molecule has 0 saturated carbocycles. The molecule has 1 fully saturated rings. The van der Waals surface area contributed by atoms with Crippen LogP contribution in [0.25, 0.3) is 0 Å². The maximum absolute atomic E-state index is 5.30. The summed E-state index contributed by atoms with van der Waals surface area (Å²) in [6.07, 6.45) is 0. The van der Waals surface area contributed by atoms with Gasteiger partial charge in [0.1, 0.15) is 0 Å². The zero-order valence-electron chi connectivity index (χ0n) is 11.4. The van der Waals surface area contributed by atoms with Crippen LogP contribution in [0.4, 0.5) is 0 Å². The van der Waals surface area contributed by atoms with E-state index in [9.17, 15) is 0 Å². The molecule has 18 heavy (non-hydrogen) atoms. The average Bonchev–Trinajstić information content (AvgIpc) is 2.75. The monoisotopic (exact) mass is 270 g/mol. The lowest BCUT2D eigenvalue weighted by Crippen LogP contribution is -2.42. The van der Waals surface area contributed by atoms with Gasteiger partial charge in [-0.25, -0.2) is 0 Å². The minimum Gasteiger partial charge on any atom is -0.338 e. The highest BCUT2D eigenvalue weighted by atomic mass is 32.2. The van der Waals surface area contributed by atoms with E-state index in [0.29, 0.717) is 0 Å². The molecule has 0 spiro atoms. The van der Waals surface area contributed by atoms with Crippen LogP contribution in [-0.2, 0) is 12.3 Å². The second-order valence-corrected chi connectivity index (χ2v) is 7.33. The molecule has 1 aromatic rings. The van der Waals surface area contributed by atoms with Crippen LogP contribution in [0, 0.1) is 0 Å². The summed E-state index contributed by atoms with van der Waals surface area (Å²) in [5.41, 5.74) is 0. The number of nitrogens with zero attached hydrogens (tertiary/aromatic N) is 3. The van der Waals surface area contributed by atoms with Crippen molar-refractivity contribution in [3.05, 3.63) is 11.7 Å². The summed E-state index contributed by atoms with van der Waals surface area (Å²) >= 11 is 1.84. The predicted octanol–water partition coefficient (Wildman–Crippen LogP) is 1.51. The van der Waals surface area contributed by atoms with Crippen LogP contribution >= 0.6 is 11.8 Å². The van der Waals surface area contributed by atoms with Gasteiger partial charge in [-0.3, -0.25) is 4.90 Å². The standard InChI is InChI=1S/C12H22N4OS/c1-12(2,3)18-9-10-14-11(17-15-10)8-16-6-4-13-5-7-16/h13H,4-9H2,1-3H3. The van der Waals surface area contributed by atoms with Crippen molar-refractivity contribution < 1.29 is 4.52 Å². The van der Waals surface area contributed by atoms with Gasteiger partial charge in [-0.15, -0.1) is 11.8 Å². The minimum atomic E-state index is 0.235. The molecule has 1 N–H and O–H groups in total. The van der Waals surface area contributed by atoms with Crippen LogP contribution in [0.1, 0.15) is 32.5 Å². The van der Waals surface area contributed by atoms with Gasteiger partial charge in [0.25, 0.3) is 0 Å². The Morgan fingerprint density at radius 1 is 1.33 bits per heavy atom. The third-order valence-electron chi connectivity index (χ3n) is 2.71. The molecule has 0 aliphatic carbocycles. The molecule has 0 aromatic carbocycles. The Bertz CT molecular complexity index is 368. The van der Waals surface area contributed by atoms with E-state index >= 15 is 0 Å². The van der Waals surface area contributed by atoms with Crippen LogP contribution < -0.4 is 5.32 Å². The Labute approximate surface area is 113 Å². The number of piperazine rings is 1. The smallest absolute Gasteiger partial charge is 0.240 e. The van der Waals surface area contributed by atoms with Gasteiger partial charge in [0.15, 0.2) is 5.82 Å². The minimum absolute atomic E-state index is 0.235. The summed E-state index contributed by atoms with van der Waals surface area (Å²) in [7, 11) is 0. The second kappa shape index (κ2) is 6.04. The zero-order chi connectivity index (χ0) is 13.0. The van der Waals surface area contributed by atoms with Gasteiger partial charge in [0.2, 0.25) is 5.89 Å². The fraction of sp³-hybridized carbons (Fsp3) is 0.833. The van der Waals surface area contributed by atoms with E-state index in [1.54, 1.807) is 0 Å². The first-order valence-corrected chi connectivity index (χ1v) is 7.40. The molecule has 2 rings (SSSR count). The zero-order valence-corrected chi connectivity index (χ0v) is 12.2. The largest absolute Gasteiger partial charge is 0.338 e. The third-order valence-corrected chi connectivity index (χ3v) is 3.98. The maximum atomic E-state index is 5.30. The van der Waals surface area contributed by atoms with Crippen LogP contribution in [0.5, 0.6) is 0 Å². The molecule has 1 aliphatic rings. The number of rotatable bonds is 4. The second-order valence-electron chi connectivity index (χ2n) is 5.53. The SMILES string of the molecule is CC(C)(C)SCc1noc(CN2CCNCC2)n1. The molecule has 0 unspecified atom stereocenters. The summed E-state index contributed by atoms with van der Waals surface area (Å²) in [4.78, 5) is 6.78. The Morgan fingerprint density at radius 2 is 2.06 bits per heavy atom. The predicted molar refractivity (Wildman–Crippen MR) is 73.5 cm³/mol. The lowest BCUT2D eigenvalue weighted by atomic mass is 10.3. The molecule has 102 valence electrons. The Kier molecular flexibility index (Phi) is 4.64. The molecule has 5 nitrogen and oxygen atoms in total. The van der Waals surface area contributed by atoms with E-state index < -0.39 is 0 Å². The van der Waals surface area contributed by atoms with Gasteiger partial charge in [-0.05, 0) is 0 Å². The molecule has 0 bridgehead atoms. The van der Waals surface area contributed by atoms with Gasteiger partial charge in [0, 0.05) is 30.9 Å². The van der Waals surface area contributed by atoms with Crippen LogP contribution in [-0.4, -0.2) is 46.0 Å². The Hall–Kier alpha value is -0.590. The number of thioether (sulfide) groups is 1. The van der Waals surface area contributed by atoms with Crippen molar-refractivity contribution >= 4 is 11.8 Å². The van der Waals surface area contributed by atoms with Crippen molar-refractivity contribution in [3.8, 4) is 0 Å². The van der Waals surface area contributed by atoms with Gasteiger partial charge in [-0.1, -0.05) is 25.9 Å². The first-order chi connectivity index (χ1) is 8.53. The van der Waals surface area contributed by atoms with Crippen molar-refractivity contribution in [1.82, 2.24) is 20.4 Å². The fourth-order valence-corrected chi connectivity index (χ4v) is 2.43. The normalized spacial score (nSPS) is 18.2. The summed E-state index contributed by atoms with van der Waals surface area (Å²) in [5.74, 6) is 2.36. The first kappa shape index (κ1) is 13.8. The topological polar surface area (TPSA) is 54.2 Å². The van der Waals surface area contributed by atoms with Gasteiger partial charge >= 0.3 is 0 Å². The van der Waals surface area contributed by atoms with E-state index in [1.807, 2.05) is 11.8 Å². The van der Waals surface area contributed by atoms with Crippen LogP contribution in [0.15, 0.2) is 4.52 Å². The molecule has 1 aromatic heterocycles. The highest BCUT2D eigenvalue weighted by Crippen LogP contribution is 2.26. The first-order valence-electron chi connectivity index (χ1n) is 6.41. The van der Waals surface area contributed by atoms with E-state index in [1.165, 1.54) is 0 Å². The molecule has 0 amide bonds. The summed E-state index contributed by atoms with van der Waals surface area (Å²) < 4.78 is 5.53. The molecule has 0 atom stereocenters. The summed E-state index contributed by atoms with van der Waals surface area (Å²) in [5, 5.41) is 7.37. The summed E-state index contributed by atoms with van der Waals surface area (Å²) in [6, 6.07) is 0. The number of hydrogen-bond donors (Lipinski definition) is 1. The number of hydrogen-bond acceptors (Lipinski definition) is 6. The molecular weight excluding hydrogens is 248 g/mol. The highest BCUT2D eigenvalue weighted by molar-refractivity contribution is 7.99. The van der Waals surface area contributed by atoms with Gasteiger partial charge < -0.3 is 9.84 Å². The Balaban J connectivity index is 1.82. The quantitative estimate of drug-likeness (QED) is 0.895. The summed E-state index contributed by atoms with van der Waals surface area (Å²) in [6.45, 7) is 11.5. The van der Waals surface area contributed by atoms with Gasteiger partial charge in [0.05, 0.1) is 12.3 Å². The van der Waals surface area contributed by atoms with Crippen molar-refractivity contribution in [2.24, 2.45) is 0 Å². The molecule has 2 heterocycles. The molecule has 1 aliphatic heterocycles. The Morgan fingerprint density at radius 3 is 2.72 bits per heavy atom. The number of aromatic nitrogens is 2. The van der Waals surface area contributed by atoms with E-state index in [2.05, 4.69) is 41.1 Å². The van der Waals surface area contributed by atoms with Crippen molar-refractivity contribution in [2.45, 2.75) is 37.8 Å². The van der Waals surface area contributed by atoms with E-state index in [4.69, 9.17) is 4.52 Å². The van der Waals surface area contributed by atoms with E-state index in [-0.39, 0.29) is 4.75 Å². The fourth-order valence-electron chi connectivity index (χ4n) is 1.75. The van der Waals surface area contributed by atoms with Gasteiger partial charge in [-0.2, -0.15) is 4.98 Å². The highest BCUT2D eigenvalue weighted by Gasteiger charge is 2.16. The van der Waals surface area contributed by atoms with Crippen LogP contribution in [0.3, 0.4) is 0 Å².